The molecule has 1 unspecified atom stereocenters. The molecular formula is C12H18ClN3O3S. The summed E-state index contributed by atoms with van der Waals surface area (Å²) in [6.07, 6.45) is 3.84. The van der Waals surface area contributed by atoms with Gasteiger partial charge in [-0.3, -0.25) is 4.79 Å². The summed E-state index contributed by atoms with van der Waals surface area (Å²) in [5.41, 5.74) is 0.0671. The van der Waals surface area contributed by atoms with E-state index in [1.54, 1.807) is 0 Å². The second-order valence-corrected chi connectivity index (χ2v) is 7.61. The molecule has 1 fully saturated rings. The van der Waals surface area contributed by atoms with Crippen LogP contribution in [0.25, 0.3) is 0 Å². The fraction of sp³-hybridized carbons (Fsp3) is 0.667. The Morgan fingerprint density at radius 3 is 2.90 bits per heavy atom. The third kappa shape index (κ3) is 3.52. The van der Waals surface area contributed by atoms with Crippen LogP contribution in [0.5, 0.6) is 0 Å². The van der Waals surface area contributed by atoms with E-state index in [-0.39, 0.29) is 28.1 Å². The molecule has 1 aliphatic rings. The van der Waals surface area contributed by atoms with Gasteiger partial charge in [-0.05, 0) is 12.8 Å². The van der Waals surface area contributed by atoms with E-state index in [4.69, 9.17) is 11.6 Å². The average molecular weight is 320 g/mol. The number of hydrogen-bond donors (Lipinski definition) is 1. The number of anilines is 1. The summed E-state index contributed by atoms with van der Waals surface area (Å²) >= 11 is 6.04. The maximum absolute atomic E-state index is 12.0. The number of nitrogens with one attached hydrogen (secondary N) is 1. The number of unbranched alkanes of at least 4 members (excludes halogenated alkanes) is 1. The molecule has 2 heterocycles. The van der Waals surface area contributed by atoms with E-state index in [2.05, 4.69) is 10.4 Å². The zero-order valence-corrected chi connectivity index (χ0v) is 12.9. The summed E-state index contributed by atoms with van der Waals surface area (Å²) in [5.74, 6) is 0.242. The van der Waals surface area contributed by atoms with Gasteiger partial charge in [0, 0.05) is 12.6 Å². The normalized spacial score (nSPS) is 21.0. The van der Waals surface area contributed by atoms with Crippen LogP contribution < -0.4 is 10.9 Å². The molecule has 0 aliphatic carbocycles. The third-order valence-corrected chi connectivity index (χ3v) is 5.43. The van der Waals surface area contributed by atoms with Crippen molar-refractivity contribution in [3.05, 3.63) is 21.6 Å². The van der Waals surface area contributed by atoms with Crippen LogP contribution >= 0.6 is 11.6 Å². The lowest BCUT2D eigenvalue weighted by molar-refractivity contribution is 0.543. The highest BCUT2D eigenvalue weighted by atomic mass is 35.5. The number of hydrogen-bond acceptors (Lipinski definition) is 5. The Bertz CT molecular complexity index is 642. The summed E-state index contributed by atoms with van der Waals surface area (Å²) in [6.45, 7) is 2.57. The van der Waals surface area contributed by atoms with Crippen molar-refractivity contribution in [3.8, 4) is 0 Å². The second-order valence-electron chi connectivity index (χ2n) is 5.00. The van der Waals surface area contributed by atoms with E-state index in [9.17, 15) is 13.2 Å². The van der Waals surface area contributed by atoms with Crippen LogP contribution in [0.2, 0.25) is 5.02 Å². The van der Waals surface area contributed by atoms with Crippen molar-refractivity contribution >= 4 is 27.1 Å². The van der Waals surface area contributed by atoms with E-state index in [0.29, 0.717) is 18.7 Å². The van der Waals surface area contributed by atoms with Crippen molar-refractivity contribution in [1.29, 1.82) is 0 Å². The summed E-state index contributed by atoms with van der Waals surface area (Å²) in [4.78, 5) is 12.0. The summed E-state index contributed by atoms with van der Waals surface area (Å²) in [6, 6.07) is -0.204. The van der Waals surface area contributed by atoms with Crippen molar-refractivity contribution in [2.24, 2.45) is 0 Å². The summed E-state index contributed by atoms with van der Waals surface area (Å²) < 4.78 is 24.1. The van der Waals surface area contributed by atoms with E-state index in [0.717, 1.165) is 12.8 Å². The van der Waals surface area contributed by atoms with Gasteiger partial charge in [-0.2, -0.15) is 5.10 Å². The molecule has 0 saturated carbocycles. The fourth-order valence-corrected chi connectivity index (χ4v) is 4.04. The van der Waals surface area contributed by atoms with E-state index < -0.39 is 9.84 Å². The number of rotatable bonds is 5. The van der Waals surface area contributed by atoms with Crippen molar-refractivity contribution in [2.45, 2.75) is 38.8 Å². The SMILES string of the molecule is CCCCn1ncc(NC2CCS(=O)(=O)C2)c(Cl)c1=O. The molecule has 1 atom stereocenters. The predicted octanol–water partition coefficient (Wildman–Crippen LogP) is 1.30. The summed E-state index contributed by atoms with van der Waals surface area (Å²) in [5, 5.41) is 7.13. The summed E-state index contributed by atoms with van der Waals surface area (Å²) in [7, 11) is -2.97. The standard InChI is InChI=1S/C12H18ClN3O3S/c1-2-3-5-16-12(17)11(13)10(7-14-16)15-9-4-6-20(18,19)8-9/h7,9,15H,2-6,8H2,1H3. The lowest BCUT2D eigenvalue weighted by Crippen LogP contribution is -2.27. The molecule has 0 radical (unpaired) electrons. The van der Waals surface area contributed by atoms with Gasteiger partial charge >= 0.3 is 0 Å². The molecule has 20 heavy (non-hydrogen) atoms. The highest BCUT2D eigenvalue weighted by Gasteiger charge is 2.28. The molecule has 1 N–H and O–H groups in total. The molecule has 1 aromatic heterocycles. The Morgan fingerprint density at radius 1 is 1.55 bits per heavy atom. The lowest BCUT2D eigenvalue weighted by atomic mass is 10.2. The number of sulfone groups is 1. The topological polar surface area (TPSA) is 81.1 Å². The maximum atomic E-state index is 12.0. The van der Waals surface area contributed by atoms with Crippen molar-refractivity contribution < 1.29 is 8.42 Å². The number of aromatic nitrogens is 2. The highest BCUT2D eigenvalue weighted by molar-refractivity contribution is 7.91. The number of nitrogens with zero attached hydrogens (tertiary/aromatic N) is 2. The Morgan fingerprint density at radius 2 is 2.30 bits per heavy atom. The average Bonchev–Trinajstić information content (AvgIpc) is 2.74. The minimum Gasteiger partial charge on any atom is -0.379 e. The first-order valence-corrected chi connectivity index (χ1v) is 8.85. The molecule has 1 aliphatic heterocycles. The maximum Gasteiger partial charge on any atom is 0.287 e. The highest BCUT2D eigenvalue weighted by Crippen LogP contribution is 2.21. The molecule has 1 saturated heterocycles. The Labute approximate surface area is 123 Å². The van der Waals surface area contributed by atoms with Crippen LogP contribution in [0.3, 0.4) is 0 Å². The molecule has 2 rings (SSSR count). The van der Waals surface area contributed by atoms with Gasteiger partial charge in [0.25, 0.3) is 5.56 Å². The molecule has 0 aromatic carbocycles. The molecule has 0 amide bonds. The van der Waals surface area contributed by atoms with E-state index in [1.807, 2.05) is 6.92 Å². The van der Waals surface area contributed by atoms with Crippen LogP contribution in [-0.4, -0.2) is 35.7 Å². The zero-order valence-electron chi connectivity index (χ0n) is 11.3. The molecule has 0 bridgehead atoms. The number of halogens is 1. The minimum atomic E-state index is -2.97. The molecule has 0 spiro atoms. The van der Waals surface area contributed by atoms with E-state index in [1.165, 1.54) is 10.9 Å². The van der Waals surface area contributed by atoms with Gasteiger partial charge in [-0.25, -0.2) is 13.1 Å². The van der Waals surface area contributed by atoms with Gasteiger partial charge in [-0.1, -0.05) is 24.9 Å². The van der Waals surface area contributed by atoms with Crippen LogP contribution in [0.1, 0.15) is 26.2 Å². The van der Waals surface area contributed by atoms with Gasteiger partial charge in [0.15, 0.2) is 9.84 Å². The van der Waals surface area contributed by atoms with Crippen molar-refractivity contribution in [3.63, 3.8) is 0 Å². The fourth-order valence-electron chi connectivity index (χ4n) is 2.16. The van der Waals surface area contributed by atoms with E-state index >= 15 is 0 Å². The first-order valence-electron chi connectivity index (χ1n) is 6.65. The van der Waals surface area contributed by atoms with Crippen LogP contribution in [-0.2, 0) is 16.4 Å². The number of aryl methyl sites for hydroxylation is 1. The zero-order chi connectivity index (χ0) is 14.8. The molecule has 6 nitrogen and oxygen atoms in total. The van der Waals surface area contributed by atoms with Gasteiger partial charge in [0.1, 0.15) is 5.02 Å². The Balaban J connectivity index is 2.14. The second kappa shape index (κ2) is 6.13. The first-order chi connectivity index (χ1) is 9.43. The van der Waals surface area contributed by atoms with Gasteiger partial charge < -0.3 is 5.32 Å². The third-order valence-electron chi connectivity index (χ3n) is 3.30. The molecule has 112 valence electrons. The molecule has 8 heteroatoms. The largest absolute Gasteiger partial charge is 0.379 e. The van der Waals surface area contributed by atoms with Crippen LogP contribution in [0.4, 0.5) is 5.69 Å². The predicted molar refractivity (Wildman–Crippen MR) is 79.1 cm³/mol. The Hall–Kier alpha value is -1.08. The van der Waals surface area contributed by atoms with Gasteiger partial charge in [-0.15, -0.1) is 0 Å². The van der Waals surface area contributed by atoms with Crippen LogP contribution in [0.15, 0.2) is 11.0 Å². The van der Waals surface area contributed by atoms with Gasteiger partial charge in [0.2, 0.25) is 0 Å². The quantitative estimate of drug-likeness (QED) is 0.884. The first kappa shape index (κ1) is 15.3. The van der Waals surface area contributed by atoms with Gasteiger partial charge in [0.05, 0.1) is 23.4 Å². The minimum absolute atomic E-state index is 0.0698. The smallest absolute Gasteiger partial charge is 0.287 e. The molecular weight excluding hydrogens is 302 g/mol. The van der Waals surface area contributed by atoms with Crippen molar-refractivity contribution in [1.82, 2.24) is 9.78 Å². The molecule has 1 aromatic rings. The Kier molecular flexibility index (Phi) is 4.70. The van der Waals surface area contributed by atoms with Crippen LogP contribution in [0, 0.1) is 0 Å². The van der Waals surface area contributed by atoms with Crippen molar-refractivity contribution in [2.75, 3.05) is 16.8 Å². The lowest BCUT2D eigenvalue weighted by Gasteiger charge is -2.14. The monoisotopic (exact) mass is 319 g/mol.